The third-order valence-corrected chi connectivity index (χ3v) is 4.59. The Kier molecular flexibility index (Phi) is 4.09. The lowest BCUT2D eigenvalue weighted by atomic mass is 10.0. The number of aromatic nitrogens is 2. The number of nitrogens with one attached hydrogen (secondary N) is 1. The molecule has 0 bridgehead atoms. The van der Waals surface area contributed by atoms with E-state index in [1.807, 2.05) is 48.2 Å². The van der Waals surface area contributed by atoms with E-state index >= 15 is 0 Å². The zero-order valence-electron chi connectivity index (χ0n) is 14.1. The number of nitrogens with zero attached hydrogens (tertiary/aromatic N) is 3. The minimum absolute atomic E-state index is 0.0354. The maximum atomic E-state index is 12.7. The van der Waals surface area contributed by atoms with E-state index < -0.39 is 0 Å². The van der Waals surface area contributed by atoms with E-state index in [1.165, 1.54) is 0 Å². The molecule has 6 nitrogen and oxygen atoms in total. The van der Waals surface area contributed by atoms with Crippen LogP contribution in [0, 0.1) is 6.92 Å². The number of furan rings is 1. The van der Waals surface area contributed by atoms with Crippen molar-refractivity contribution < 1.29 is 9.21 Å². The van der Waals surface area contributed by atoms with Crippen LogP contribution in [0.1, 0.15) is 29.0 Å². The normalized spacial score (nSPS) is 15.5. The average molecular weight is 336 g/mol. The number of carbonyl (C=O) groups is 1. The predicted octanol–water partition coefficient (Wildman–Crippen LogP) is 3.25. The van der Waals surface area contributed by atoms with E-state index in [0.717, 1.165) is 35.2 Å². The van der Waals surface area contributed by atoms with E-state index in [0.29, 0.717) is 24.9 Å². The maximum absolute atomic E-state index is 12.7. The second-order valence-electron chi connectivity index (χ2n) is 6.47. The second kappa shape index (κ2) is 6.55. The van der Waals surface area contributed by atoms with E-state index in [-0.39, 0.29) is 5.91 Å². The van der Waals surface area contributed by atoms with Crippen molar-refractivity contribution in [3.63, 3.8) is 0 Å². The fourth-order valence-electron chi connectivity index (χ4n) is 3.24. The number of rotatable bonds is 3. The van der Waals surface area contributed by atoms with E-state index in [4.69, 9.17) is 4.42 Å². The quantitative estimate of drug-likeness (QED) is 0.795. The molecule has 0 atom stereocenters. The Morgan fingerprint density at radius 2 is 2.08 bits per heavy atom. The Hall–Kier alpha value is -2.89. The largest absolute Gasteiger partial charge is 0.451 e. The van der Waals surface area contributed by atoms with E-state index in [1.54, 1.807) is 6.20 Å². The van der Waals surface area contributed by atoms with Gasteiger partial charge in [-0.3, -0.25) is 4.79 Å². The maximum Gasteiger partial charge on any atom is 0.289 e. The van der Waals surface area contributed by atoms with Gasteiger partial charge in [-0.1, -0.05) is 11.6 Å². The highest BCUT2D eigenvalue weighted by Gasteiger charge is 2.25. The Morgan fingerprint density at radius 3 is 2.84 bits per heavy atom. The molecule has 1 aromatic carbocycles. The molecule has 0 spiro atoms. The molecule has 1 amide bonds. The summed E-state index contributed by atoms with van der Waals surface area (Å²) in [6, 6.07) is 11.8. The number of fused-ring (bicyclic) bond motifs is 1. The van der Waals surface area contributed by atoms with Gasteiger partial charge in [0.15, 0.2) is 5.76 Å². The summed E-state index contributed by atoms with van der Waals surface area (Å²) in [6.45, 7) is 3.43. The summed E-state index contributed by atoms with van der Waals surface area (Å²) in [6.07, 6.45) is 3.41. The van der Waals surface area contributed by atoms with Crippen molar-refractivity contribution in [2.24, 2.45) is 0 Å². The zero-order chi connectivity index (χ0) is 17.2. The Bertz CT molecular complexity index is 883. The minimum Gasteiger partial charge on any atom is -0.451 e. The van der Waals surface area contributed by atoms with Gasteiger partial charge < -0.3 is 14.6 Å². The monoisotopic (exact) mass is 336 g/mol. The van der Waals surface area contributed by atoms with Crippen molar-refractivity contribution in [2.75, 3.05) is 18.4 Å². The first-order valence-corrected chi connectivity index (χ1v) is 8.53. The van der Waals surface area contributed by atoms with Gasteiger partial charge >= 0.3 is 0 Å². The van der Waals surface area contributed by atoms with Crippen LogP contribution in [0.3, 0.4) is 0 Å². The molecule has 0 unspecified atom stereocenters. The number of aryl methyl sites for hydroxylation is 1. The topological polar surface area (TPSA) is 71.3 Å². The van der Waals surface area contributed by atoms with Gasteiger partial charge in [0.25, 0.3) is 5.91 Å². The number of piperidine rings is 1. The number of amides is 1. The molecular formula is C19H20N4O2. The number of carbonyl (C=O) groups excluding carboxylic acids is 1. The fraction of sp³-hybridized carbons (Fsp3) is 0.316. The average Bonchev–Trinajstić information content (AvgIpc) is 3.06. The highest BCUT2D eigenvalue weighted by molar-refractivity contribution is 5.96. The molecule has 1 aliphatic heterocycles. The molecule has 1 saturated heterocycles. The van der Waals surface area contributed by atoms with E-state index in [2.05, 4.69) is 15.5 Å². The second-order valence-corrected chi connectivity index (χ2v) is 6.47. The SMILES string of the molecule is Cc1ccc2oc(C(=O)N3CCC(Nc4cccnn4)CC3)cc2c1. The van der Waals surface area contributed by atoms with Gasteiger partial charge in [0.1, 0.15) is 11.4 Å². The third kappa shape index (κ3) is 3.33. The van der Waals surface area contributed by atoms with Gasteiger partial charge in [0.2, 0.25) is 0 Å². The third-order valence-electron chi connectivity index (χ3n) is 4.59. The van der Waals surface area contributed by atoms with Crippen LogP contribution in [0.15, 0.2) is 47.0 Å². The summed E-state index contributed by atoms with van der Waals surface area (Å²) in [7, 11) is 0. The van der Waals surface area contributed by atoms with Gasteiger partial charge in [-0.15, -0.1) is 5.10 Å². The molecule has 128 valence electrons. The lowest BCUT2D eigenvalue weighted by Gasteiger charge is -2.32. The first kappa shape index (κ1) is 15.6. The smallest absolute Gasteiger partial charge is 0.289 e. The summed E-state index contributed by atoms with van der Waals surface area (Å²) < 4.78 is 5.74. The summed E-state index contributed by atoms with van der Waals surface area (Å²) in [5.74, 6) is 1.16. The molecule has 0 saturated carbocycles. The summed E-state index contributed by atoms with van der Waals surface area (Å²) in [4.78, 5) is 14.6. The van der Waals surface area contributed by atoms with Crippen LogP contribution in [0.2, 0.25) is 0 Å². The van der Waals surface area contributed by atoms with Gasteiger partial charge in [-0.2, -0.15) is 5.10 Å². The first-order chi connectivity index (χ1) is 12.2. The van der Waals surface area contributed by atoms with Crippen LogP contribution in [-0.2, 0) is 0 Å². The van der Waals surface area contributed by atoms with Crippen molar-refractivity contribution in [1.82, 2.24) is 15.1 Å². The lowest BCUT2D eigenvalue weighted by molar-refractivity contribution is 0.0688. The number of anilines is 1. The molecule has 3 heterocycles. The van der Waals surface area contributed by atoms with Crippen molar-refractivity contribution in [2.45, 2.75) is 25.8 Å². The molecule has 25 heavy (non-hydrogen) atoms. The number of hydrogen-bond acceptors (Lipinski definition) is 5. The number of hydrogen-bond donors (Lipinski definition) is 1. The van der Waals surface area contributed by atoms with Gasteiger partial charge in [0.05, 0.1) is 0 Å². The fourth-order valence-corrected chi connectivity index (χ4v) is 3.24. The molecule has 4 rings (SSSR count). The molecule has 2 aromatic heterocycles. The number of likely N-dealkylation sites (tertiary alicyclic amines) is 1. The van der Waals surface area contributed by atoms with Crippen LogP contribution >= 0.6 is 0 Å². The standard InChI is InChI=1S/C19H20N4O2/c1-13-4-5-16-14(11-13)12-17(25-16)19(24)23-9-6-15(7-10-23)21-18-3-2-8-20-22-18/h2-5,8,11-12,15H,6-7,9-10H2,1H3,(H,21,22). The molecule has 1 fully saturated rings. The molecule has 3 aromatic rings. The van der Waals surface area contributed by atoms with Crippen LogP contribution < -0.4 is 5.32 Å². The van der Waals surface area contributed by atoms with Crippen molar-refractivity contribution in [1.29, 1.82) is 0 Å². The molecule has 0 radical (unpaired) electrons. The molecule has 1 N–H and O–H groups in total. The highest BCUT2D eigenvalue weighted by Crippen LogP contribution is 2.23. The molecule has 1 aliphatic rings. The summed E-state index contributed by atoms with van der Waals surface area (Å²) in [5.41, 5.74) is 1.91. The van der Waals surface area contributed by atoms with Gasteiger partial charge in [0, 0.05) is 30.7 Å². The van der Waals surface area contributed by atoms with Crippen LogP contribution in [0.25, 0.3) is 11.0 Å². The summed E-state index contributed by atoms with van der Waals surface area (Å²) >= 11 is 0. The number of benzene rings is 1. The zero-order valence-corrected chi connectivity index (χ0v) is 14.1. The minimum atomic E-state index is -0.0354. The lowest BCUT2D eigenvalue weighted by Crippen LogP contribution is -2.42. The van der Waals surface area contributed by atoms with Crippen LogP contribution in [-0.4, -0.2) is 40.1 Å². The van der Waals surface area contributed by atoms with Gasteiger partial charge in [-0.05, 0) is 50.1 Å². The first-order valence-electron chi connectivity index (χ1n) is 8.53. The Balaban J connectivity index is 1.40. The van der Waals surface area contributed by atoms with E-state index in [9.17, 15) is 4.79 Å². The molecule has 6 heteroatoms. The van der Waals surface area contributed by atoms with Crippen LogP contribution in [0.5, 0.6) is 0 Å². The van der Waals surface area contributed by atoms with Crippen molar-refractivity contribution in [3.8, 4) is 0 Å². The molecule has 0 aliphatic carbocycles. The summed E-state index contributed by atoms with van der Waals surface area (Å²) in [5, 5.41) is 12.3. The van der Waals surface area contributed by atoms with Crippen molar-refractivity contribution >= 4 is 22.7 Å². The Labute approximate surface area is 145 Å². The Morgan fingerprint density at radius 1 is 1.24 bits per heavy atom. The van der Waals surface area contributed by atoms with Crippen LogP contribution in [0.4, 0.5) is 5.82 Å². The predicted molar refractivity (Wildman–Crippen MR) is 95.5 cm³/mol. The highest BCUT2D eigenvalue weighted by atomic mass is 16.3. The molecular weight excluding hydrogens is 316 g/mol. The van der Waals surface area contributed by atoms with Crippen molar-refractivity contribution in [3.05, 3.63) is 53.9 Å². The van der Waals surface area contributed by atoms with Gasteiger partial charge in [-0.25, -0.2) is 0 Å².